The van der Waals surface area contributed by atoms with Gasteiger partial charge in [-0.3, -0.25) is 4.79 Å². The van der Waals surface area contributed by atoms with Gasteiger partial charge in [0, 0.05) is 18.5 Å². The predicted molar refractivity (Wildman–Crippen MR) is 70.5 cm³/mol. The third-order valence-electron chi connectivity index (χ3n) is 3.16. The van der Waals surface area contributed by atoms with Gasteiger partial charge in [-0.2, -0.15) is 13.2 Å². The van der Waals surface area contributed by atoms with Gasteiger partial charge in [-0.25, -0.2) is 0 Å². The molecule has 118 valence electrons. The molecular weight excluding hydrogens is 295 g/mol. The van der Waals surface area contributed by atoms with Crippen LogP contribution < -0.4 is 0 Å². The van der Waals surface area contributed by atoms with Gasteiger partial charge >= 0.3 is 11.5 Å². The van der Waals surface area contributed by atoms with Crippen LogP contribution in [0.15, 0.2) is 0 Å². The van der Waals surface area contributed by atoms with E-state index in [1.54, 1.807) is 0 Å². The number of hydrogen-bond donors (Lipinski definition) is 0. The molecule has 1 saturated carbocycles. The van der Waals surface area contributed by atoms with Crippen LogP contribution in [0.5, 0.6) is 0 Å². The molecule has 0 aromatic rings. The quantitative estimate of drug-likeness (QED) is 0.438. The monoisotopic (exact) mass is 314 g/mol. The number of nitrogens with zero attached hydrogens (tertiary/aromatic N) is 1. The van der Waals surface area contributed by atoms with Crippen molar-refractivity contribution in [2.45, 2.75) is 50.5 Å². The third kappa shape index (κ3) is 7.96. The summed E-state index contributed by atoms with van der Waals surface area (Å²) in [5, 5.41) is 10.9. The van der Waals surface area contributed by atoms with Gasteiger partial charge in [0.05, 0.1) is 5.92 Å². The molecule has 4 nitrogen and oxygen atoms in total. The van der Waals surface area contributed by atoms with E-state index in [0.717, 1.165) is 38.5 Å². The van der Waals surface area contributed by atoms with Crippen LogP contribution in [0.1, 0.15) is 44.9 Å². The zero-order chi connectivity index (χ0) is 15.0. The Morgan fingerprint density at radius 1 is 1.20 bits per heavy atom. The lowest BCUT2D eigenvalue weighted by Crippen LogP contribution is -2.24. The van der Waals surface area contributed by atoms with E-state index in [2.05, 4.69) is 0 Å². The van der Waals surface area contributed by atoms with Gasteiger partial charge in [0.15, 0.2) is 0 Å². The highest BCUT2D eigenvalue weighted by Crippen LogP contribution is 2.32. The summed E-state index contributed by atoms with van der Waals surface area (Å²) in [6.07, 6.45) is 6.84. The number of hydroxylamine groups is 1. The molecule has 0 saturated heterocycles. The Labute approximate surface area is 120 Å². The fourth-order valence-corrected chi connectivity index (χ4v) is 2.59. The Morgan fingerprint density at radius 2 is 1.75 bits per heavy atom. The maximum absolute atomic E-state index is 11.9. The van der Waals surface area contributed by atoms with E-state index in [4.69, 9.17) is 4.74 Å². The SMILES string of the molecule is O=C(OCCN([O-])SC(F)(F)F)C1CCCCCCC1. The van der Waals surface area contributed by atoms with E-state index in [-0.39, 0.29) is 17.0 Å². The van der Waals surface area contributed by atoms with Crippen LogP contribution >= 0.6 is 11.9 Å². The molecule has 0 aromatic heterocycles. The van der Waals surface area contributed by atoms with Crippen molar-refractivity contribution < 1.29 is 22.7 Å². The first-order valence-corrected chi connectivity index (χ1v) is 7.53. The highest BCUT2D eigenvalue weighted by atomic mass is 32.2. The van der Waals surface area contributed by atoms with Crippen molar-refractivity contribution in [1.82, 2.24) is 4.47 Å². The molecule has 0 amide bonds. The van der Waals surface area contributed by atoms with Gasteiger partial charge in [0.2, 0.25) is 0 Å². The zero-order valence-electron chi connectivity index (χ0n) is 11.2. The highest BCUT2D eigenvalue weighted by molar-refractivity contribution is 7.97. The molecule has 1 aliphatic rings. The molecule has 20 heavy (non-hydrogen) atoms. The first-order valence-electron chi connectivity index (χ1n) is 6.75. The van der Waals surface area contributed by atoms with Crippen LogP contribution in [0.4, 0.5) is 13.2 Å². The first-order chi connectivity index (χ1) is 9.38. The van der Waals surface area contributed by atoms with E-state index < -0.39 is 30.0 Å². The molecule has 0 aliphatic heterocycles. The van der Waals surface area contributed by atoms with Gasteiger partial charge in [-0.05, 0) is 12.8 Å². The molecule has 0 unspecified atom stereocenters. The minimum absolute atomic E-state index is 0.175. The number of ether oxygens (including phenoxy) is 1. The average Bonchev–Trinajstić information content (AvgIpc) is 2.25. The molecule has 1 rings (SSSR count). The van der Waals surface area contributed by atoms with Crippen molar-refractivity contribution >= 4 is 17.9 Å². The van der Waals surface area contributed by atoms with Crippen LogP contribution in [0.3, 0.4) is 0 Å². The Bertz CT molecular complexity index is 294. The summed E-state index contributed by atoms with van der Waals surface area (Å²) in [5.74, 6) is -0.567. The van der Waals surface area contributed by atoms with E-state index in [1.807, 2.05) is 0 Å². The lowest BCUT2D eigenvalue weighted by Gasteiger charge is -2.27. The van der Waals surface area contributed by atoms with Gasteiger partial charge in [0.1, 0.15) is 6.61 Å². The number of carbonyl (C=O) groups is 1. The summed E-state index contributed by atoms with van der Waals surface area (Å²) in [4.78, 5) is 11.8. The van der Waals surface area contributed by atoms with Gasteiger partial charge < -0.3 is 14.4 Å². The Hall–Kier alpha value is -0.470. The molecule has 1 aliphatic carbocycles. The van der Waals surface area contributed by atoms with E-state index in [0.29, 0.717) is 0 Å². The van der Waals surface area contributed by atoms with Crippen molar-refractivity contribution in [3.8, 4) is 0 Å². The Morgan fingerprint density at radius 3 is 2.30 bits per heavy atom. The number of esters is 1. The normalized spacial score (nSPS) is 18.6. The molecule has 8 heteroatoms. The summed E-state index contributed by atoms with van der Waals surface area (Å²) in [7, 11) is 0. The predicted octanol–water partition coefficient (Wildman–Crippen LogP) is 3.86. The van der Waals surface area contributed by atoms with Crippen molar-refractivity contribution in [3.05, 3.63) is 5.21 Å². The molecule has 0 atom stereocenters. The highest BCUT2D eigenvalue weighted by Gasteiger charge is 2.29. The van der Waals surface area contributed by atoms with Crippen molar-refractivity contribution in [1.29, 1.82) is 0 Å². The standard InChI is InChI=1S/C12H19F3NO3S/c13-12(14,15)20-16(18)8-9-19-11(17)10-6-4-2-1-3-5-7-10/h10H,1-9H2/q-1. The molecule has 0 heterocycles. The maximum atomic E-state index is 11.9. The zero-order valence-corrected chi connectivity index (χ0v) is 12.0. The fraction of sp³-hybridized carbons (Fsp3) is 0.917. The van der Waals surface area contributed by atoms with E-state index >= 15 is 0 Å². The molecule has 1 fully saturated rings. The molecule has 0 bridgehead atoms. The number of carbonyl (C=O) groups excluding carboxylic acids is 1. The summed E-state index contributed by atoms with van der Waals surface area (Å²) in [6.45, 7) is -0.787. The van der Waals surface area contributed by atoms with Crippen LogP contribution in [-0.4, -0.2) is 29.1 Å². The van der Waals surface area contributed by atoms with E-state index in [9.17, 15) is 23.2 Å². The molecule has 0 aromatic carbocycles. The number of hydrogen-bond acceptors (Lipinski definition) is 5. The van der Waals surface area contributed by atoms with Crippen LogP contribution in [-0.2, 0) is 9.53 Å². The Balaban J connectivity index is 2.21. The van der Waals surface area contributed by atoms with Gasteiger partial charge in [-0.15, -0.1) is 0 Å². The van der Waals surface area contributed by atoms with Gasteiger partial charge in [0.25, 0.3) is 0 Å². The summed E-state index contributed by atoms with van der Waals surface area (Å²) in [5.41, 5.74) is -4.61. The number of rotatable bonds is 5. The summed E-state index contributed by atoms with van der Waals surface area (Å²) >= 11 is -0.763. The van der Waals surface area contributed by atoms with Crippen LogP contribution in [0.25, 0.3) is 0 Å². The van der Waals surface area contributed by atoms with Crippen LogP contribution in [0, 0.1) is 11.1 Å². The second-order valence-corrected chi connectivity index (χ2v) is 5.86. The average molecular weight is 314 g/mol. The van der Waals surface area contributed by atoms with Crippen molar-refractivity contribution in [3.63, 3.8) is 0 Å². The van der Waals surface area contributed by atoms with E-state index in [1.165, 1.54) is 6.42 Å². The smallest absolute Gasteiger partial charge is 0.455 e. The topological polar surface area (TPSA) is 52.6 Å². The Kier molecular flexibility index (Phi) is 7.68. The number of alkyl halides is 3. The number of halogens is 3. The summed E-state index contributed by atoms with van der Waals surface area (Å²) < 4.78 is 40.3. The minimum Gasteiger partial charge on any atom is -0.775 e. The van der Waals surface area contributed by atoms with Crippen molar-refractivity contribution in [2.75, 3.05) is 13.2 Å². The summed E-state index contributed by atoms with van der Waals surface area (Å²) in [6, 6.07) is 0. The van der Waals surface area contributed by atoms with Crippen molar-refractivity contribution in [2.24, 2.45) is 5.92 Å². The lowest BCUT2D eigenvalue weighted by molar-refractivity contribution is -0.149. The largest absolute Gasteiger partial charge is 0.775 e. The molecule has 0 radical (unpaired) electrons. The van der Waals surface area contributed by atoms with Gasteiger partial charge in [-0.1, -0.05) is 32.1 Å². The molecule has 0 spiro atoms. The van der Waals surface area contributed by atoms with Crippen LogP contribution in [0.2, 0.25) is 0 Å². The molecule has 0 N–H and O–H groups in total. The lowest BCUT2D eigenvalue weighted by atomic mass is 9.91. The maximum Gasteiger partial charge on any atom is 0.455 e. The second kappa shape index (κ2) is 8.74. The third-order valence-corrected chi connectivity index (χ3v) is 3.76. The molecular formula is C12H19F3NO3S-. The first kappa shape index (κ1) is 17.6. The second-order valence-electron chi connectivity index (χ2n) is 4.80. The fourth-order valence-electron chi connectivity index (χ4n) is 2.19. The minimum atomic E-state index is -4.61.